The van der Waals surface area contributed by atoms with Gasteiger partial charge in [0.2, 0.25) is 0 Å². The largest absolute Gasteiger partial charge is 2.00 e. The van der Waals surface area contributed by atoms with Crippen molar-refractivity contribution in [1.82, 2.24) is 0 Å². The topological polar surface area (TPSA) is 12.4 Å². The first-order valence-electron chi connectivity index (χ1n) is 15.6. The molecule has 2 heteroatoms. The molecule has 0 spiro atoms. The van der Waals surface area contributed by atoms with Crippen LogP contribution in [0.4, 0.5) is 0 Å². The van der Waals surface area contributed by atoms with Crippen molar-refractivity contribution in [3.8, 4) is 0 Å². The van der Waals surface area contributed by atoms with Crippen LogP contribution in [0, 0.1) is 13.0 Å². The predicted octanol–water partition coefficient (Wildman–Crippen LogP) is 11.2. The zero-order valence-corrected chi connectivity index (χ0v) is 29.1. The molecule has 9 rings (SSSR count). The molecule has 1 aliphatic heterocycles. The van der Waals surface area contributed by atoms with Gasteiger partial charge in [-0.15, -0.1) is 0 Å². The summed E-state index contributed by atoms with van der Waals surface area (Å²) in [6.45, 7) is 4.60. The summed E-state index contributed by atoms with van der Waals surface area (Å²) in [5, 5.41) is 5.30. The number of fused-ring (bicyclic) bond motifs is 5. The van der Waals surface area contributed by atoms with E-state index in [1.165, 1.54) is 49.4 Å². The third-order valence-electron chi connectivity index (χ3n) is 7.59. The minimum Gasteiger partial charge on any atom is -0.341 e. The average Bonchev–Trinajstić information content (AvgIpc) is 3.94. The van der Waals surface area contributed by atoms with Crippen molar-refractivity contribution in [1.29, 1.82) is 0 Å². The van der Waals surface area contributed by atoms with Crippen molar-refractivity contribution in [2.45, 2.75) is 25.8 Å². The molecule has 0 saturated carbocycles. The normalized spacial score (nSPS) is 12.2. The molecule has 1 heterocycles. The fourth-order valence-electron chi connectivity index (χ4n) is 5.18. The van der Waals surface area contributed by atoms with E-state index in [1.807, 2.05) is 42.6 Å². The summed E-state index contributed by atoms with van der Waals surface area (Å²) in [6.07, 6.45) is 17.8. The maximum atomic E-state index is 4.13. The number of hydrogen-bond acceptors (Lipinski definition) is 1. The van der Waals surface area contributed by atoms with Crippen LogP contribution in [0.1, 0.15) is 34.2 Å². The van der Waals surface area contributed by atoms with Gasteiger partial charge in [0.05, 0.1) is 6.54 Å². The molecule has 2 aliphatic carbocycles. The summed E-state index contributed by atoms with van der Waals surface area (Å²) in [4.78, 5) is 4.13. The fraction of sp³-hybridized carbons (Fsp3) is 0.0909. The molecule has 0 N–H and O–H groups in total. The minimum absolute atomic E-state index is 0. The Morgan fingerprint density at radius 3 is 1.72 bits per heavy atom. The number of nitrogens with zero attached hydrogens (tertiary/aromatic N) is 1. The molecule has 0 unspecified atom stereocenters. The second-order valence-corrected chi connectivity index (χ2v) is 10.7. The molecule has 1 nitrogen and oxygen atoms in total. The molecule has 3 aliphatic rings. The van der Waals surface area contributed by atoms with E-state index in [1.54, 1.807) is 0 Å². The molecule has 6 aromatic rings. The van der Waals surface area contributed by atoms with Gasteiger partial charge < -0.3 is 6.92 Å². The second-order valence-electron chi connectivity index (χ2n) is 10.7. The molecular formula is C44H39NW. The first-order valence-corrected chi connectivity index (χ1v) is 15.6. The van der Waals surface area contributed by atoms with Gasteiger partial charge in [0.25, 0.3) is 0 Å². The zero-order chi connectivity index (χ0) is 30.9. The molecule has 0 atom stereocenters. The SMILES string of the molecule is C1=CCC=C1.C1=Cc2ccccc2C1.C1=NCc2ccccc21.[CH2-]Cc1[c-]cccc1.[W+2].c1ccc2c(c1)ccc1ccccc12. The van der Waals surface area contributed by atoms with Gasteiger partial charge in [-0.1, -0.05) is 146 Å². The molecule has 0 saturated heterocycles. The second kappa shape index (κ2) is 19.0. The Hall–Kier alpha value is -4.58. The van der Waals surface area contributed by atoms with E-state index < -0.39 is 0 Å². The van der Waals surface area contributed by atoms with E-state index >= 15 is 0 Å². The van der Waals surface area contributed by atoms with E-state index in [0.29, 0.717) is 0 Å². The molecule has 6 aromatic carbocycles. The number of rotatable bonds is 1. The van der Waals surface area contributed by atoms with Gasteiger partial charge in [-0.25, -0.2) is 0 Å². The van der Waals surface area contributed by atoms with Crippen molar-refractivity contribution in [2.75, 3.05) is 0 Å². The van der Waals surface area contributed by atoms with Crippen LogP contribution in [0.25, 0.3) is 27.6 Å². The molecule has 226 valence electrons. The van der Waals surface area contributed by atoms with Gasteiger partial charge in [0, 0.05) is 6.21 Å². The van der Waals surface area contributed by atoms with Crippen LogP contribution in [0.2, 0.25) is 0 Å². The monoisotopic (exact) mass is 765 g/mol. The van der Waals surface area contributed by atoms with E-state index in [2.05, 4.69) is 152 Å². The Morgan fingerprint density at radius 1 is 0.587 bits per heavy atom. The minimum atomic E-state index is 0. The molecular weight excluding hydrogens is 726 g/mol. The summed E-state index contributed by atoms with van der Waals surface area (Å²) in [6, 6.07) is 49.1. The van der Waals surface area contributed by atoms with Crippen LogP contribution in [0.3, 0.4) is 0 Å². The first-order chi connectivity index (χ1) is 22.3. The van der Waals surface area contributed by atoms with Gasteiger partial charge in [0.15, 0.2) is 0 Å². The molecule has 0 fully saturated rings. The maximum Gasteiger partial charge on any atom is 2.00 e. The van der Waals surface area contributed by atoms with Gasteiger partial charge in [-0.3, -0.25) is 4.99 Å². The van der Waals surface area contributed by atoms with E-state index in [-0.39, 0.29) is 21.1 Å². The Kier molecular flexibility index (Phi) is 14.2. The summed E-state index contributed by atoms with van der Waals surface area (Å²) in [5.74, 6) is 0. The molecule has 0 radical (unpaired) electrons. The van der Waals surface area contributed by atoms with Crippen LogP contribution < -0.4 is 0 Å². The van der Waals surface area contributed by atoms with E-state index in [9.17, 15) is 0 Å². The first kappa shape index (κ1) is 34.3. The number of hydrogen-bond donors (Lipinski definition) is 0. The number of allylic oxidation sites excluding steroid dienone is 5. The standard InChI is InChI=1S/C14H10.C9H8.C8H7N.C8H8.C5H6.W/c1-3-7-13-11(5-1)9-10-12-6-2-4-8-14(12)13;1-2-5-9-7-3-6-8(9)4-1;1-2-4-8-6-9-5-7(8)3-1;1-2-8-6-4-3-5-7-8;1-2-4-5-3-1;/h1-10H;1-6H,7H2;1-5H,6H2;3-6H,1-2H2;1-4H,5H2;/q;;;-2;;+2. The summed E-state index contributed by atoms with van der Waals surface area (Å²) >= 11 is 0. The van der Waals surface area contributed by atoms with Gasteiger partial charge >= 0.3 is 21.1 Å². The van der Waals surface area contributed by atoms with Crippen molar-refractivity contribution in [2.24, 2.45) is 4.99 Å². The number of benzene rings is 6. The van der Waals surface area contributed by atoms with Crippen LogP contribution in [-0.2, 0) is 40.5 Å². The Labute approximate surface area is 289 Å². The molecule has 0 aromatic heterocycles. The van der Waals surface area contributed by atoms with Crippen LogP contribution in [0.15, 0.2) is 169 Å². The van der Waals surface area contributed by atoms with Crippen molar-refractivity contribution < 1.29 is 21.1 Å². The molecule has 0 amide bonds. The third-order valence-corrected chi connectivity index (χ3v) is 7.59. The summed E-state index contributed by atoms with van der Waals surface area (Å²) < 4.78 is 0. The Balaban J connectivity index is 0.000000135. The van der Waals surface area contributed by atoms with Crippen molar-refractivity contribution in [3.63, 3.8) is 0 Å². The maximum absolute atomic E-state index is 4.13. The van der Waals surface area contributed by atoms with Crippen LogP contribution in [0.5, 0.6) is 0 Å². The zero-order valence-electron chi connectivity index (χ0n) is 26.1. The quantitative estimate of drug-likeness (QED) is 0.117. The average molecular weight is 766 g/mol. The van der Waals surface area contributed by atoms with Crippen LogP contribution in [-0.4, -0.2) is 6.21 Å². The summed E-state index contributed by atoms with van der Waals surface area (Å²) in [7, 11) is 0. The number of aliphatic imine (C=N–C) groups is 1. The predicted molar refractivity (Wildman–Crippen MR) is 196 cm³/mol. The molecule has 0 bridgehead atoms. The smallest absolute Gasteiger partial charge is 0.341 e. The van der Waals surface area contributed by atoms with E-state index in [4.69, 9.17) is 0 Å². The third kappa shape index (κ3) is 10.2. The van der Waals surface area contributed by atoms with Gasteiger partial charge in [0.1, 0.15) is 0 Å². The van der Waals surface area contributed by atoms with Crippen molar-refractivity contribution >= 4 is 33.8 Å². The fourth-order valence-corrected chi connectivity index (χ4v) is 5.18. The van der Waals surface area contributed by atoms with Gasteiger partial charge in [-0.2, -0.15) is 42.3 Å². The van der Waals surface area contributed by atoms with Gasteiger partial charge in [-0.05, 0) is 56.6 Å². The van der Waals surface area contributed by atoms with E-state index in [0.717, 1.165) is 25.8 Å². The Bertz CT molecular complexity index is 1790. The van der Waals surface area contributed by atoms with Crippen LogP contribution >= 0.6 is 0 Å². The Morgan fingerprint density at radius 2 is 1.17 bits per heavy atom. The summed E-state index contributed by atoms with van der Waals surface area (Å²) in [5.41, 5.74) is 6.64. The van der Waals surface area contributed by atoms with Crippen molar-refractivity contribution in [3.05, 3.63) is 205 Å². The molecule has 46 heavy (non-hydrogen) atoms.